The molecule has 0 aliphatic carbocycles. The molecular formula is C23H22F4N4O5. The quantitative estimate of drug-likeness (QED) is 0.384. The van der Waals surface area contributed by atoms with Crippen molar-refractivity contribution in [1.29, 1.82) is 0 Å². The summed E-state index contributed by atoms with van der Waals surface area (Å²) in [6.45, 7) is -0.328. The Morgan fingerprint density at radius 2 is 1.92 bits per heavy atom. The second-order valence-corrected chi connectivity index (χ2v) is 8.66. The smallest absolute Gasteiger partial charge is 0.197 e. The molecule has 2 aliphatic rings. The summed E-state index contributed by atoms with van der Waals surface area (Å²) in [4.78, 5) is 3.80. The fourth-order valence-electron chi connectivity index (χ4n) is 4.65. The van der Waals surface area contributed by atoms with Gasteiger partial charge in [0.2, 0.25) is 0 Å². The summed E-state index contributed by atoms with van der Waals surface area (Å²) in [5.74, 6) is -6.32. The highest BCUT2D eigenvalue weighted by Gasteiger charge is 2.58. The van der Waals surface area contributed by atoms with Crippen molar-refractivity contribution < 1.29 is 42.0 Å². The van der Waals surface area contributed by atoms with Crippen LogP contribution in [-0.4, -0.2) is 67.5 Å². The van der Waals surface area contributed by atoms with E-state index in [4.69, 9.17) is 14.2 Å². The number of aromatic nitrogens is 4. The van der Waals surface area contributed by atoms with E-state index in [9.17, 15) is 27.8 Å². The molecule has 2 saturated heterocycles. The lowest BCUT2D eigenvalue weighted by Crippen LogP contribution is -2.63. The SMILES string of the molecule is OC[C@H]1O[C@@]2(CCCO2)[C@H](OCc2cncc(F)c2)[C@@H](n2cc(-c3cc(F)c(F)c(F)c3)nn2)[C@H]1O. The molecule has 0 saturated carbocycles. The van der Waals surface area contributed by atoms with Crippen molar-refractivity contribution in [2.45, 2.75) is 49.6 Å². The first-order chi connectivity index (χ1) is 17.3. The first-order valence-corrected chi connectivity index (χ1v) is 11.2. The van der Waals surface area contributed by atoms with E-state index in [1.165, 1.54) is 23.1 Å². The van der Waals surface area contributed by atoms with Gasteiger partial charge >= 0.3 is 0 Å². The molecule has 5 atom stereocenters. The number of hydrogen-bond acceptors (Lipinski definition) is 8. The molecule has 36 heavy (non-hydrogen) atoms. The monoisotopic (exact) mass is 510 g/mol. The molecule has 4 heterocycles. The van der Waals surface area contributed by atoms with Crippen LogP contribution in [0, 0.1) is 23.3 Å². The molecule has 0 radical (unpaired) electrons. The van der Waals surface area contributed by atoms with Crippen LogP contribution < -0.4 is 0 Å². The number of ether oxygens (including phenoxy) is 3. The molecule has 13 heteroatoms. The fraction of sp³-hybridized carbons (Fsp3) is 0.435. The number of nitrogens with zero attached hydrogens (tertiary/aromatic N) is 4. The lowest BCUT2D eigenvalue weighted by Gasteiger charge is -2.49. The second kappa shape index (κ2) is 9.82. The molecule has 1 spiro atoms. The van der Waals surface area contributed by atoms with E-state index < -0.39 is 60.0 Å². The molecule has 0 amide bonds. The Balaban J connectivity index is 1.52. The molecular weight excluding hydrogens is 488 g/mol. The number of pyridine rings is 1. The fourth-order valence-corrected chi connectivity index (χ4v) is 4.65. The van der Waals surface area contributed by atoms with Gasteiger partial charge in [0, 0.05) is 18.2 Å². The average Bonchev–Trinajstić information content (AvgIpc) is 3.53. The average molecular weight is 510 g/mol. The van der Waals surface area contributed by atoms with Gasteiger partial charge in [-0.25, -0.2) is 22.2 Å². The first-order valence-electron chi connectivity index (χ1n) is 11.2. The maximum absolute atomic E-state index is 13.8. The topological polar surface area (TPSA) is 112 Å². The standard InChI is InChI=1S/C23H22F4N4O5/c24-14-4-12(7-28-8-14)11-34-22-20(21(33)18(10-32)36-23(22)2-1-3-35-23)31-9-17(29-30-31)13-5-15(25)19(27)16(26)6-13/h4-9,18,20-22,32-33H,1-3,10-11H2/t18-,20+,21+,22-,23+/m1/s1. The third kappa shape index (κ3) is 4.48. The Hall–Kier alpha value is -2.97. The lowest BCUT2D eigenvalue weighted by atomic mass is 9.88. The number of rotatable bonds is 6. The van der Waals surface area contributed by atoms with Crippen LogP contribution >= 0.6 is 0 Å². The van der Waals surface area contributed by atoms with E-state index in [-0.39, 0.29) is 17.9 Å². The molecule has 0 bridgehead atoms. The highest BCUT2D eigenvalue weighted by atomic mass is 19.2. The van der Waals surface area contributed by atoms with Crippen molar-refractivity contribution in [1.82, 2.24) is 20.0 Å². The van der Waals surface area contributed by atoms with Crippen LogP contribution in [0.5, 0.6) is 0 Å². The molecule has 192 valence electrons. The first kappa shape index (κ1) is 24.7. The Morgan fingerprint density at radius 1 is 1.14 bits per heavy atom. The number of aliphatic hydroxyl groups excluding tert-OH is 2. The van der Waals surface area contributed by atoms with Crippen LogP contribution in [0.1, 0.15) is 24.4 Å². The van der Waals surface area contributed by atoms with Gasteiger partial charge in [-0.3, -0.25) is 4.98 Å². The number of hydrogen-bond donors (Lipinski definition) is 2. The van der Waals surface area contributed by atoms with Gasteiger partial charge < -0.3 is 24.4 Å². The van der Waals surface area contributed by atoms with Crippen LogP contribution in [0.2, 0.25) is 0 Å². The van der Waals surface area contributed by atoms with Crippen LogP contribution in [0.15, 0.2) is 36.8 Å². The van der Waals surface area contributed by atoms with E-state index in [0.717, 1.165) is 18.3 Å². The van der Waals surface area contributed by atoms with Crippen molar-refractivity contribution in [3.05, 3.63) is 65.6 Å². The highest BCUT2D eigenvalue weighted by Crippen LogP contribution is 2.45. The molecule has 5 rings (SSSR count). The van der Waals surface area contributed by atoms with Crippen molar-refractivity contribution in [3.63, 3.8) is 0 Å². The zero-order chi connectivity index (χ0) is 25.4. The lowest BCUT2D eigenvalue weighted by molar-refractivity contribution is -0.348. The predicted octanol–water partition coefficient (Wildman–Crippen LogP) is 2.28. The van der Waals surface area contributed by atoms with Crippen LogP contribution in [0.4, 0.5) is 17.6 Å². The van der Waals surface area contributed by atoms with Crippen molar-refractivity contribution in [2.24, 2.45) is 0 Å². The summed E-state index contributed by atoms with van der Waals surface area (Å²) >= 11 is 0. The summed E-state index contributed by atoms with van der Waals surface area (Å²) in [7, 11) is 0. The molecule has 2 aliphatic heterocycles. The minimum absolute atomic E-state index is 0.00140. The Kier molecular flexibility index (Phi) is 6.74. The van der Waals surface area contributed by atoms with Gasteiger partial charge in [0.1, 0.15) is 35.9 Å². The normalized spacial score (nSPS) is 28.2. The van der Waals surface area contributed by atoms with Crippen LogP contribution in [0.25, 0.3) is 11.3 Å². The summed E-state index contributed by atoms with van der Waals surface area (Å²) in [5.41, 5.74) is 0.340. The van der Waals surface area contributed by atoms with Gasteiger partial charge in [-0.15, -0.1) is 5.10 Å². The number of aliphatic hydroxyl groups is 2. The largest absolute Gasteiger partial charge is 0.394 e. The molecule has 9 nitrogen and oxygen atoms in total. The third-order valence-corrected chi connectivity index (χ3v) is 6.31. The molecule has 0 unspecified atom stereocenters. The van der Waals surface area contributed by atoms with Gasteiger partial charge in [-0.2, -0.15) is 0 Å². The van der Waals surface area contributed by atoms with Crippen molar-refractivity contribution >= 4 is 0 Å². The maximum Gasteiger partial charge on any atom is 0.197 e. The van der Waals surface area contributed by atoms with Crippen molar-refractivity contribution in [3.8, 4) is 11.3 Å². The zero-order valence-corrected chi connectivity index (χ0v) is 18.7. The van der Waals surface area contributed by atoms with E-state index >= 15 is 0 Å². The van der Waals surface area contributed by atoms with Gasteiger partial charge in [-0.05, 0) is 30.2 Å². The van der Waals surface area contributed by atoms with Gasteiger partial charge in [0.05, 0.1) is 32.2 Å². The third-order valence-electron chi connectivity index (χ3n) is 6.31. The Bertz CT molecular complexity index is 1220. The van der Waals surface area contributed by atoms with Crippen LogP contribution in [-0.2, 0) is 20.8 Å². The molecule has 2 aromatic heterocycles. The van der Waals surface area contributed by atoms with Gasteiger partial charge in [0.25, 0.3) is 0 Å². The van der Waals surface area contributed by atoms with E-state index in [2.05, 4.69) is 15.3 Å². The van der Waals surface area contributed by atoms with Crippen molar-refractivity contribution in [2.75, 3.05) is 13.2 Å². The minimum Gasteiger partial charge on any atom is -0.394 e. The Morgan fingerprint density at radius 3 is 2.58 bits per heavy atom. The predicted molar refractivity (Wildman–Crippen MR) is 113 cm³/mol. The van der Waals surface area contributed by atoms with Gasteiger partial charge in [0.15, 0.2) is 23.2 Å². The highest BCUT2D eigenvalue weighted by molar-refractivity contribution is 5.57. The molecule has 3 aromatic rings. The van der Waals surface area contributed by atoms with E-state index in [1.54, 1.807) is 0 Å². The van der Waals surface area contributed by atoms with E-state index in [1.807, 2.05) is 0 Å². The summed E-state index contributed by atoms with van der Waals surface area (Å²) in [5, 5.41) is 28.9. The Labute approximate surface area is 202 Å². The molecule has 2 N–H and O–H groups in total. The number of benzene rings is 1. The molecule has 2 fully saturated rings. The molecule has 1 aromatic carbocycles. The van der Waals surface area contributed by atoms with Crippen LogP contribution in [0.3, 0.4) is 0 Å². The zero-order valence-electron chi connectivity index (χ0n) is 18.7. The maximum atomic E-state index is 13.8. The summed E-state index contributed by atoms with van der Waals surface area (Å²) < 4.78 is 73.8. The van der Waals surface area contributed by atoms with Gasteiger partial charge in [-0.1, -0.05) is 5.21 Å². The summed E-state index contributed by atoms with van der Waals surface area (Å²) in [6, 6.07) is 1.75. The number of halogens is 4. The summed E-state index contributed by atoms with van der Waals surface area (Å²) in [6.07, 6.45) is 1.30. The second-order valence-electron chi connectivity index (χ2n) is 8.66. The van der Waals surface area contributed by atoms with E-state index in [0.29, 0.717) is 25.0 Å². The minimum atomic E-state index is -1.61.